The van der Waals surface area contributed by atoms with Gasteiger partial charge in [0, 0.05) is 5.56 Å². The van der Waals surface area contributed by atoms with Crippen molar-refractivity contribution in [3.8, 4) is 23.3 Å². The summed E-state index contributed by atoms with van der Waals surface area (Å²) in [5.74, 6) is -0.596. The quantitative estimate of drug-likeness (QED) is 0.624. The van der Waals surface area contributed by atoms with E-state index in [-0.39, 0.29) is 45.6 Å². The van der Waals surface area contributed by atoms with Crippen LogP contribution in [-0.4, -0.2) is 45.5 Å². The van der Waals surface area contributed by atoms with Crippen LogP contribution in [0.15, 0.2) is 16.5 Å². The van der Waals surface area contributed by atoms with Crippen molar-refractivity contribution in [2.75, 3.05) is 33.2 Å². The number of ether oxygens (including phenoxy) is 3. The maximum atomic E-state index is 12.4. The molecule has 0 fully saturated rings. The first-order valence-electron chi connectivity index (χ1n) is 8.69. The van der Waals surface area contributed by atoms with Crippen molar-refractivity contribution in [3.05, 3.63) is 34.6 Å². The fourth-order valence-corrected chi connectivity index (χ4v) is 2.81. The molecular weight excluding hydrogens is 394 g/mol. The zero-order chi connectivity index (χ0) is 22.4. The number of carbonyl (C=O) groups excluding carboxylic acids is 3. The third-order valence-electron chi connectivity index (χ3n) is 4.14. The van der Waals surface area contributed by atoms with Crippen molar-refractivity contribution < 1.29 is 33.0 Å². The molecule has 0 atom stereocenters. The van der Waals surface area contributed by atoms with Gasteiger partial charge in [0.05, 0.1) is 33.4 Å². The topological polar surface area (TPSA) is 140 Å². The summed E-state index contributed by atoms with van der Waals surface area (Å²) < 4.78 is 20.9. The van der Waals surface area contributed by atoms with Crippen LogP contribution in [0.3, 0.4) is 0 Å². The minimum atomic E-state index is -0.642. The van der Waals surface area contributed by atoms with E-state index in [4.69, 9.17) is 18.6 Å². The minimum Gasteiger partial charge on any atom is -0.493 e. The lowest BCUT2D eigenvalue weighted by atomic mass is 10.1. The lowest BCUT2D eigenvalue weighted by Gasteiger charge is -2.14. The second-order valence-electron chi connectivity index (χ2n) is 6.05. The van der Waals surface area contributed by atoms with Gasteiger partial charge in [0.1, 0.15) is 17.4 Å². The van der Waals surface area contributed by atoms with Crippen LogP contribution in [-0.2, 0) is 4.79 Å². The van der Waals surface area contributed by atoms with Gasteiger partial charge in [-0.3, -0.25) is 19.7 Å². The summed E-state index contributed by atoms with van der Waals surface area (Å²) in [7, 11) is 4.27. The zero-order valence-electron chi connectivity index (χ0n) is 17.2. The number of anilines is 1. The van der Waals surface area contributed by atoms with Crippen LogP contribution in [0.2, 0.25) is 0 Å². The molecule has 1 heterocycles. The van der Waals surface area contributed by atoms with Crippen molar-refractivity contribution in [2.24, 2.45) is 0 Å². The monoisotopic (exact) mass is 415 g/mol. The van der Waals surface area contributed by atoms with Gasteiger partial charge in [0.25, 0.3) is 5.91 Å². The molecule has 0 aliphatic heterocycles. The van der Waals surface area contributed by atoms with E-state index in [9.17, 15) is 19.6 Å². The zero-order valence-corrected chi connectivity index (χ0v) is 17.2. The van der Waals surface area contributed by atoms with Crippen LogP contribution in [0.25, 0.3) is 0 Å². The summed E-state index contributed by atoms with van der Waals surface area (Å²) >= 11 is 0. The molecule has 10 nitrogen and oxygen atoms in total. The molecule has 0 unspecified atom stereocenters. The Balaban J connectivity index is 2.13. The van der Waals surface area contributed by atoms with Crippen molar-refractivity contribution in [2.45, 2.75) is 13.8 Å². The number of rotatable bonds is 8. The van der Waals surface area contributed by atoms with Gasteiger partial charge >= 0.3 is 0 Å². The Labute approximate surface area is 172 Å². The number of nitrogens with one attached hydrogen (secondary N) is 2. The van der Waals surface area contributed by atoms with E-state index in [1.54, 1.807) is 0 Å². The number of benzene rings is 1. The number of nitriles is 1. The fourth-order valence-electron chi connectivity index (χ4n) is 2.81. The van der Waals surface area contributed by atoms with Gasteiger partial charge in [0.15, 0.2) is 17.3 Å². The van der Waals surface area contributed by atoms with Gasteiger partial charge in [-0.15, -0.1) is 0 Å². The predicted molar refractivity (Wildman–Crippen MR) is 105 cm³/mol. The van der Waals surface area contributed by atoms with E-state index in [0.29, 0.717) is 5.75 Å². The molecule has 0 aliphatic carbocycles. The van der Waals surface area contributed by atoms with Gasteiger partial charge in [-0.05, 0) is 26.0 Å². The number of ketones is 1. The van der Waals surface area contributed by atoms with Gasteiger partial charge in [-0.2, -0.15) is 5.26 Å². The number of carbonyl (C=O) groups is 3. The number of amides is 2. The predicted octanol–water partition coefficient (Wildman–Crippen LogP) is 2.06. The molecule has 0 bridgehead atoms. The molecule has 10 heteroatoms. The summed E-state index contributed by atoms with van der Waals surface area (Å²) in [5.41, 5.74) is 0.223. The smallest absolute Gasteiger partial charge is 0.251 e. The fraction of sp³-hybridized carbons (Fsp3) is 0.300. The average Bonchev–Trinajstić information content (AvgIpc) is 3.05. The van der Waals surface area contributed by atoms with E-state index in [1.807, 2.05) is 6.07 Å². The van der Waals surface area contributed by atoms with Gasteiger partial charge < -0.3 is 23.9 Å². The van der Waals surface area contributed by atoms with Crippen LogP contribution in [0.5, 0.6) is 17.2 Å². The van der Waals surface area contributed by atoms with Crippen molar-refractivity contribution in [1.29, 1.82) is 5.26 Å². The molecule has 2 rings (SSSR count). The summed E-state index contributed by atoms with van der Waals surface area (Å²) in [6.45, 7) is 2.40. The highest BCUT2D eigenvalue weighted by Gasteiger charge is 2.23. The van der Waals surface area contributed by atoms with E-state index in [0.717, 1.165) is 0 Å². The Morgan fingerprint density at radius 2 is 1.70 bits per heavy atom. The Kier molecular flexibility index (Phi) is 7.03. The molecular formula is C20H21N3O7. The normalized spacial score (nSPS) is 10.0. The summed E-state index contributed by atoms with van der Waals surface area (Å²) in [5, 5.41) is 14.1. The highest BCUT2D eigenvalue weighted by molar-refractivity contribution is 6.02. The second kappa shape index (κ2) is 9.47. The molecule has 158 valence electrons. The molecule has 30 heavy (non-hydrogen) atoms. The summed E-state index contributed by atoms with van der Waals surface area (Å²) in [6.07, 6.45) is 0. The molecule has 0 spiro atoms. The molecule has 2 amide bonds. The van der Waals surface area contributed by atoms with Gasteiger partial charge in [0.2, 0.25) is 17.5 Å². The Hall–Kier alpha value is -4.00. The average molecular weight is 415 g/mol. The minimum absolute atomic E-state index is 0.0655. The molecule has 0 saturated carbocycles. The largest absolute Gasteiger partial charge is 0.493 e. The maximum absolute atomic E-state index is 12.4. The standard InChI is InChI=1S/C20H21N3O7/c1-10(24)17-11(2)30-20(13(17)8-21)23-16(25)9-22-19(26)12-6-14(27-3)18(29-5)15(7-12)28-4/h6-7H,9H2,1-5H3,(H,22,26)(H,23,25). The molecule has 2 N–H and O–H groups in total. The number of nitrogens with zero attached hydrogens (tertiary/aromatic N) is 1. The number of aryl methyl sites for hydroxylation is 1. The van der Waals surface area contributed by atoms with Crippen LogP contribution in [0.1, 0.15) is 39.0 Å². The van der Waals surface area contributed by atoms with E-state index < -0.39 is 18.4 Å². The molecule has 0 radical (unpaired) electrons. The van der Waals surface area contributed by atoms with Crippen LogP contribution < -0.4 is 24.8 Å². The van der Waals surface area contributed by atoms with Crippen LogP contribution in [0.4, 0.5) is 5.88 Å². The highest BCUT2D eigenvalue weighted by atomic mass is 16.5. The first-order valence-corrected chi connectivity index (χ1v) is 8.69. The Bertz CT molecular complexity index is 1010. The number of methoxy groups -OCH3 is 3. The lowest BCUT2D eigenvalue weighted by molar-refractivity contribution is -0.115. The molecule has 1 aromatic carbocycles. The van der Waals surface area contributed by atoms with Crippen molar-refractivity contribution >= 4 is 23.5 Å². The number of Topliss-reactive ketones (excluding diaryl/α,β-unsaturated/α-hetero) is 1. The van der Waals surface area contributed by atoms with E-state index in [1.165, 1.54) is 47.3 Å². The SMILES string of the molecule is COc1cc(C(=O)NCC(=O)Nc2oc(C)c(C(C)=O)c2C#N)cc(OC)c1OC. The van der Waals surface area contributed by atoms with E-state index in [2.05, 4.69) is 10.6 Å². The third-order valence-corrected chi connectivity index (χ3v) is 4.14. The van der Waals surface area contributed by atoms with Gasteiger partial charge in [-0.1, -0.05) is 0 Å². The second-order valence-corrected chi connectivity index (χ2v) is 6.05. The van der Waals surface area contributed by atoms with Gasteiger partial charge in [-0.25, -0.2) is 0 Å². The summed E-state index contributed by atoms with van der Waals surface area (Å²) in [4.78, 5) is 36.3. The highest BCUT2D eigenvalue weighted by Crippen LogP contribution is 2.38. The summed E-state index contributed by atoms with van der Waals surface area (Å²) in [6, 6.07) is 4.73. The van der Waals surface area contributed by atoms with Crippen molar-refractivity contribution in [1.82, 2.24) is 5.32 Å². The lowest BCUT2D eigenvalue weighted by Crippen LogP contribution is -2.33. The van der Waals surface area contributed by atoms with Crippen molar-refractivity contribution in [3.63, 3.8) is 0 Å². The third kappa shape index (κ3) is 4.52. The Morgan fingerprint density at radius 3 is 2.17 bits per heavy atom. The van der Waals surface area contributed by atoms with Crippen LogP contribution in [0, 0.1) is 18.3 Å². The molecule has 1 aromatic heterocycles. The number of hydrogen-bond donors (Lipinski definition) is 2. The molecule has 0 saturated heterocycles. The molecule has 0 aliphatic rings. The number of furan rings is 1. The maximum Gasteiger partial charge on any atom is 0.251 e. The number of hydrogen-bond acceptors (Lipinski definition) is 8. The Morgan fingerprint density at radius 1 is 1.10 bits per heavy atom. The first kappa shape index (κ1) is 22.3. The molecule has 2 aromatic rings. The first-order chi connectivity index (χ1) is 14.3. The van der Waals surface area contributed by atoms with Crippen LogP contribution >= 0.6 is 0 Å². The van der Waals surface area contributed by atoms with E-state index >= 15 is 0 Å².